The van der Waals surface area contributed by atoms with Crippen molar-refractivity contribution in [1.29, 1.82) is 0 Å². The summed E-state index contributed by atoms with van der Waals surface area (Å²) in [5.41, 5.74) is 6.58. The molecule has 1 fully saturated rings. The van der Waals surface area contributed by atoms with Crippen molar-refractivity contribution < 1.29 is 13.2 Å². The number of aryl methyl sites for hydroxylation is 1. The molecule has 0 atom stereocenters. The highest BCUT2D eigenvalue weighted by atomic mass is 32.2. The Hall–Kier alpha value is -3.01. The lowest BCUT2D eigenvalue weighted by Crippen LogP contribution is -2.40. The molecule has 1 aromatic carbocycles. The van der Waals surface area contributed by atoms with Gasteiger partial charge in [0.25, 0.3) is 0 Å². The Morgan fingerprint density at radius 3 is 2.65 bits per heavy atom. The van der Waals surface area contributed by atoms with E-state index >= 15 is 0 Å². The van der Waals surface area contributed by atoms with Crippen LogP contribution in [0.25, 0.3) is 5.69 Å². The first-order chi connectivity index (χ1) is 15.0. The van der Waals surface area contributed by atoms with Crippen molar-refractivity contribution in [1.82, 2.24) is 13.9 Å². The van der Waals surface area contributed by atoms with Gasteiger partial charge in [-0.3, -0.25) is 5.43 Å². The molecule has 0 bridgehead atoms. The maximum absolute atomic E-state index is 13.0. The van der Waals surface area contributed by atoms with Crippen molar-refractivity contribution in [3.05, 3.63) is 71.7 Å². The number of aromatic nitrogens is 2. The Labute approximate surface area is 182 Å². The number of benzene rings is 1. The monoisotopic (exact) mass is 439 g/mol. The summed E-state index contributed by atoms with van der Waals surface area (Å²) in [4.78, 5) is 4.46. The van der Waals surface area contributed by atoms with Gasteiger partial charge in [-0.25, -0.2) is 13.4 Å². The van der Waals surface area contributed by atoms with Crippen molar-refractivity contribution in [2.75, 3.05) is 31.7 Å². The summed E-state index contributed by atoms with van der Waals surface area (Å²) in [7, 11) is -3.56. The van der Waals surface area contributed by atoms with Crippen LogP contribution in [-0.2, 0) is 14.8 Å². The summed E-state index contributed by atoms with van der Waals surface area (Å²) in [6.07, 6.45) is 3.43. The van der Waals surface area contributed by atoms with Gasteiger partial charge in [0, 0.05) is 41.9 Å². The number of hydrazone groups is 1. The molecule has 1 saturated heterocycles. The molecular weight excluding hydrogens is 414 g/mol. The van der Waals surface area contributed by atoms with Crippen LogP contribution in [-0.4, -0.2) is 54.8 Å². The number of morpholine rings is 1. The summed E-state index contributed by atoms with van der Waals surface area (Å²) in [6, 6.07) is 14.6. The second-order valence-corrected chi connectivity index (χ2v) is 9.20. The lowest BCUT2D eigenvalue weighted by Gasteiger charge is -2.26. The van der Waals surface area contributed by atoms with E-state index in [4.69, 9.17) is 4.74 Å². The molecule has 2 aromatic heterocycles. The van der Waals surface area contributed by atoms with Crippen LogP contribution in [0.3, 0.4) is 0 Å². The number of sulfonamides is 1. The molecule has 0 aliphatic carbocycles. The third-order valence-electron chi connectivity index (χ3n) is 5.20. The number of nitrogens with one attached hydrogen (secondary N) is 1. The zero-order valence-electron chi connectivity index (χ0n) is 17.5. The molecule has 0 radical (unpaired) electrons. The van der Waals surface area contributed by atoms with E-state index in [0.717, 1.165) is 22.6 Å². The van der Waals surface area contributed by atoms with Crippen molar-refractivity contribution in [2.45, 2.75) is 18.7 Å². The summed E-state index contributed by atoms with van der Waals surface area (Å²) < 4.78 is 34.9. The van der Waals surface area contributed by atoms with E-state index in [2.05, 4.69) is 15.5 Å². The lowest BCUT2D eigenvalue weighted by molar-refractivity contribution is 0.0730. The summed E-state index contributed by atoms with van der Waals surface area (Å²) in [6.45, 7) is 5.56. The van der Waals surface area contributed by atoms with Crippen LogP contribution in [0.5, 0.6) is 0 Å². The maximum Gasteiger partial charge on any atom is 0.243 e. The van der Waals surface area contributed by atoms with Gasteiger partial charge in [-0.05, 0) is 50.2 Å². The number of pyridine rings is 1. The number of ether oxygens (including phenoxy) is 1. The molecule has 8 nitrogen and oxygen atoms in total. The van der Waals surface area contributed by atoms with E-state index in [-0.39, 0.29) is 4.90 Å². The largest absolute Gasteiger partial charge is 0.379 e. The van der Waals surface area contributed by atoms with E-state index in [9.17, 15) is 8.42 Å². The smallest absolute Gasteiger partial charge is 0.243 e. The second-order valence-electron chi connectivity index (χ2n) is 7.26. The van der Waals surface area contributed by atoms with Gasteiger partial charge in [0.05, 0.1) is 24.3 Å². The normalized spacial score (nSPS) is 15.4. The van der Waals surface area contributed by atoms with Gasteiger partial charge in [-0.1, -0.05) is 12.1 Å². The number of rotatable bonds is 6. The summed E-state index contributed by atoms with van der Waals surface area (Å²) >= 11 is 0. The lowest BCUT2D eigenvalue weighted by atomic mass is 10.2. The average Bonchev–Trinajstić information content (AvgIpc) is 3.08. The van der Waals surface area contributed by atoms with E-state index < -0.39 is 10.0 Å². The average molecular weight is 440 g/mol. The van der Waals surface area contributed by atoms with Gasteiger partial charge >= 0.3 is 0 Å². The molecule has 1 N–H and O–H groups in total. The van der Waals surface area contributed by atoms with Gasteiger partial charge in [0.2, 0.25) is 10.0 Å². The number of anilines is 1. The quantitative estimate of drug-likeness (QED) is 0.471. The van der Waals surface area contributed by atoms with Gasteiger partial charge in [0.15, 0.2) is 0 Å². The van der Waals surface area contributed by atoms with Gasteiger partial charge in [0.1, 0.15) is 5.82 Å². The molecule has 0 amide bonds. The fourth-order valence-electron chi connectivity index (χ4n) is 3.63. The Bertz CT molecular complexity index is 1180. The zero-order valence-corrected chi connectivity index (χ0v) is 18.3. The molecular formula is C22H25N5O3S. The molecule has 3 heterocycles. The summed E-state index contributed by atoms with van der Waals surface area (Å²) in [5, 5.41) is 4.27. The first kappa shape index (κ1) is 21.2. The second kappa shape index (κ2) is 9.01. The Morgan fingerprint density at radius 2 is 1.90 bits per heavy atom. The standard InChI is InChI=1S/C22H25N5O3S/c1-17-14-19(16-24-25-22-8-3-4-9-23-22)18(2)27(17)20-6-5-7-21(15-20)31(28,29)26-10-12-30-13-11-26/h3-9,14-16H,10-13H2,1-2H3,(H,23,25)/b24-16+. The fourth-order valence-corrected chi connectivity index (χ4v) is 5.08. The topological polar surface area (TPSA) is 88.8 Å². The van der Waals surface area contributed by atoms with Gasteiger partial charge < -0.3 is 9.30 Å². The molecule has 0 saturated carbocycles. The zero-order chi connectivity index (χ0) is 21.8. The third kappa shape index (κ3) is 4.53. The molecule has 162 valence electrons. The Morgan fingerprint density at radius 1 is 1.10 bits per heavy atom. The molecule has 31 heavy (non-hydrogen) atoms. The predicted molar refractivity (Wildman–Crippen MR) is 120 cm³/mol. The molecule has 1 aliphatic heterocycles. The molecule has 1 aliphatic rings. The van der Waals surface area contributed by atoms with E-state index in [1.165, 1.54) is 4.31 Å². The predicted octanol–water partition coefficient (Wildman–Crippen LogP) is 2.96. The van der Waals surface area contributed by atoms with Gasteiger partial charge in [-0.15, -0.1) is 0 Å². The molecule has 4 rings (SSSR count). The van der Waals surface area contributed by atoms with Crippen LogP contribution in [0, 0.1) is 13.8 Å². The first-order valence-electron chi connectivity index (χ1n) is 10.0. The highest BCUT2D eigenvalue weighted by Gasteiger charge is 2.26. The van der Waals surface area contributed by atoms with Crippen LogP contribution in [0.4, 0.5) is 5.82 Å². The fraction of sp³-hybridized carbons (Fsp3) is 0.273. The summed E-state index contributed by atoms with van der Waals surface area (Å²) in [5.74, 6) is 0.661. The van der Waals surface area contributed by atoms with Crippen molar-refractivity contribution in [3.8, 4) is 5.69 Å². The minimum atomic E-state index is -3.56. The maximum atomic E-state index is 13.0. The highest BCUT2D eigenvalue weighted by Crippen LogP contribution is 2.24. The Balaban J connectivity index is 1.61. The molecule has 3 aromatic rings. The Kier molecular flexibility index (Phi) is 6.17. The molecule has 0 spiro atoms. The molecule has 0 unspecified atom stereocenters. The third-order valence-corrected chi connectivity index (χ3v) is 7.10. The van der Waals surface area contributed by atoms with E-state index in [1.807, 2.05) is 48.7 Å². The van der Waals surface area contributed by atoms with Crippen molar-refractivity contribution >= 4 is 22.1 Å². The van der Waals surface area contributed by atoms with Crippen molar-refractivity contribution in [2.24, 2.45) is 5.10 Å². The van der Waals surface area contributed by atoms with Crippen molar-refractivity contribution in [3.63, 3.8) is 0 Å². The molecule has 9 heteroatoms. The first-order valence-corrected chi connectivity index (χ1v) is 11.5. The van der Waals surface area contributed by atoms with Crippen LogP contribution >= 0.6 is 0 Å². The van der Waals surface area contributed by atoms with Crippen LogP contribution in [0.2, 0.25) is 0 Å². The van der Waals surface area contributed by atoms with Crippen LogP contribution in [0.1, 0.15) is 17.0 Å². The van der Waals surface area contributed by atoms with E-state index in [1.54, 1.807) is 30.6 Å². The number of nitrogens with zero attached hydrogens (tertiary/aromatic N) is 4. The highest BCUT2D eigenvalue weighted by molar-refractivity contribution is 7.89. The van der Waals surface area contributed by atoms with Crippen LogP contribution in [0.15, 0.2) is 64.7 Å². The van der Waals surface area contributed by atoms with E-state index in [0.29, 0.717) is 32.1 Å². The van der Waals surface area contributed by atoms with Crippen LogP contribution < -0.4 is 5.43 Å². The SMILES string of the molecule is Cc1cc(/C=N/Nc2ccccn2)c(C)n1-c1cccc(S(=O)(=O)N2CCOCC2)c1. The number of hydrogen-bond acceptors (Lipinski definition) is 6. The van der Waals surface area contributed by atoms with Gasteiger partial charge in [-0.2, -0.15) is 9.41 Å². The number of hydrogen-bond donors (Lipinski definition) is 1. The minimum Gasteiger partial charge on any atom is -0.379 e. The minimum absolute atomic E-state index is 0.284.